The number of piperidine rings is 1. The van der Waals surface area contributed by atoms with E-state index < -0.39 is 0 Å². The van der Waals surface area contributed by atoms with Crippen LogP contribution in [0, 0.1) is 12.8 Å². The predicted molar refractivity (Wildman–Crippen MR) is 70.9 cm³/mol. The second-order valence-electron chi connectivity index (χ2n) is 5.72. The zero-order valence-electron chi connectivity index (χ0n) is 11.4. The molecule has 0 bridgehead atoms. The lowest BCUT2D eigenvalue weighted by atomic mass is 9.97. The molecule has 1 aromatic heterocycles. The molecule has 2 fully saturated rings. The van der Waals surface area contributed by atoms with E-state index in [9.17, 15) is 4.79 Å². The van der Waals surface area contributed by atoms with Crippen molar-refractivity contribution in [3.05, 3.63) is 17.5 Å². The van der Waals surface area contributed by atoms with Crippen molar-refractivity contribution < 1.29 is 9.32 Å². The quantitative estimate of drug-likeness (QED) is 0.896. The van der Waals surface area contributed by atoms with Gasteiger partial charge in [-0.05, 0) is 51.6 Å². The van der Waals surface area contributed by atoms with Gasteiger partial charge in [-0.2, -0.15) is 0 Å². The van der Waals surface area contributed by atoms with Crippen molar-refractivity contribution in [3.8, 4) is 0 Å². The first-order valence-electron chi connectivity index (χ1n) is 7.18. The summed E-state index contributed by atoms with van der Waals surface area (Å²) in [5, 5.41) is 7.09. The molecule has 0 radical (unpaired) electrons. The number of hydrogen-bond acceptors (Lipinski definition) is 4. The molecule has 0 aromatic carbocycles. The van der Waals surface area contributed by atoms with Gasteiger partial charge in [-0.3, -0.25) is 4.79 Å². The molecule has 104 valence electrons. The second-order valence-corrected chi connectivity index (χ2v) is 5.72. The summed E-state index contributed by atoms with van der Waals surface area (Å²) in [6.07, 6.45) is 6.19. The van der Waals surface area contributed by atoms with Crippen LogP contribution < -0.4 is 5.32 Å². The van der Waals surface area contributed by atoms with Crippen molar-refractivity contribution >= 4 is 5.91 Å². The van der Waals surface area contributed by atoms with Gasteiger partial charge in [0.1, 0.15) is 0 Å². The van der Waals surface area contributed by atoms with Crippen LogP contribution in [0.15, 0.2) is 10.7 Å². The maximum absolute atomic E-state index is 12.6. The molecule has 0 unspecified atom stereocenters. The summed E-state index contributed by atoms with van der Waals surface area (Å²) in [4.78, 5) is 14.6. The van der Waals surface area contributed by atoms with Crippen molar-refractivity contribution in [3.63, 3.8) is 0 Å². The lowest BCUT2D eigenvalue weighted by Crippen LogP contribution is -2.40. The van der Waals surface area contributed by atoms with Crippen LogP contribution in [0.4, 0.5) is 0 Å². The minimum atomic E-state index is 0.0241. The number of rotatable bonds is 4. The first-order chi connectivity index (χ1) is 9.25. The highest BCUT2D eigenvalue weighted by atomic mass is 16.5. The largest absolute Gasteiger partial charge is 0.351 e. The van der Waals surface area contributed by atoms with Gasteiger partial charge in [0.05, 0.1) is 6.20 Å². The van der Waals surface area contributed by atoms with E-state index in [2.05, 4.69) is 10.5 Å². The Labute approximate surface area is 113 Å². The average Bonchev–Trinajstić information content (AvgIpc) is 3.18. The Morgan fingerprint density at radius 1 is 1.42 bits per heavy atom. The summed E-state index contributed by atoms with van der Waals surface area (Å²) in [6.45, 7) is 4.88. The van der Waals surface area contributed by atoms with Gasteiger partial charge < -0.3 is 14.7 Å². The van der Waals surface area contributed by atoms with Gasteiger partial charge in [0, 0.05) is 18.2 Å². The molecule has 19 heavy (non-hydrogen) atoms. The fraction of sp³-hybridized carbons (Fsp3) is 0.714. The Bertz CT molecular complexity index is 447. The van der Waals surface area contributed by atoms with Gasteiger partial charge in [-0.1, -0.05) is 5.16 Å². The predicted octanol–water partition coefficient (Wildman–Crippen LogP) is 1.59. The fourth-order valence-corrected chi connectivity index (χ4v) is 2.75. The lowest BCUT2D eigenvalue weighted by Gasteiger charge is -2.29. The van der Waals surface area contributed by atoms with Crippen LogP contribution in [0.5, 0.6) is 0 Å². The molecule has 0 spiro atoms. The number of carbonyl (C=O) groups excluding carboxylic acids is 1. The van der Waals surface area contributed by atoms with E-state index in [0.29, 0.717) is 17.7 Å². The van der Waals surface area contributed by atoms with Crippen LogP contribution in [-0.4, -0.2) is 41.6 Å². The monoisotopic (exact) mass is 263 g/mol. The van der Waals surface area contributed by atoms with Gasteiger partial charge in [-0.15, -0.1) is 0 Å². The molecule has 1 amide bonds. The smallest absolute Gasteiger partial charge is 0.293 e. The topological polar surface area (TPSA) is 58.4 Å². The summed E-state index contributed by atoms with van der Waals surface area (Å²) in [7, 11) is 0. The van der Waals surface area contributed by atoms with E-state index in [1.807, 2.05) is 11.8 Å². The third-order valence-electron chi connectivity index (χ3n) is 4.10. The van der Waals surface area contributed by atoms with Crippen molar-refractivity contribution in [1.82, 2.24) is 15.4 Å². The van der Waals surface area contributed by atoms with E-state index in [1.54, 1.807) is 6.20 Å². The normalized spacial score (nSPS) is 20.5. The van der Waals surface area contributed by atoms with Crippen molar-refractivity contribution in [1.29, 1.82) is 0 Å². The highest BCUT2D eigenvalue weighted by Crippen LogP contribution is 2.30. The van der Waals surface area contributed by atoms with Crippen molar-refractivity contribution in [2.45, 2.75) is 38.6 Å². The maximum atomic E-state index is 12.6. The summed E-state index contributed by atoms with van der Waals surface area (Å²) < 4.78 is 5.12. The lowest BCUT2D eigenvalue weighted by molar-refractivity contribution is 0.0658. The molecule has 1 N–H and O–H groups in total. The first-order valence-corrected chi connectivity index (χ1v) is 7.18. The molecule has 1 saturated heterocycles. The highest BCUT2D eigenvalue weighted by Gasteiger charge is 2.36. The Kier molecular flexibility index (Phi) is 3.55. The van der Waals surface area contributed by atoms with Crippen LogP contribution >= 0.6 is 0 Å². The molecule has 1 aliphatic carbocycles. The molecule has 1 aliphatic heterocycles. The minimum absolute atomic E-state index is 0.0241. The minimum Gasteiger partial charge on any atom is -0.351 e. The third kappa shape index (κ3) is 2.81. The Morgan fingerprint density at radius 3 is 2.74 bits per heavy atom. The molecule has 0 atom stereocenters. The standard InChI is InChI=1S/C14H21N3O2/c1-10-8-16-19-13(10)14(18)17(12-2-3-12)9-11-4-6-15-7-5-11/h8,11-12,15H,2-7,9H2,1H3. The summed E-state index contributed by atoms with van der Waals surface area (Å²) in [5.74, 6) is 1.06. The van der Waals surface area contributed by atoms with Gasteiger partial charge in [0.15, 0.2) is 0 Å². The molecular weight excluding hydrogens is 242 g/mol. The number of carbonyl (C=O) groups is 1. The van der Waals surface area contributed by atoms with Crippen LogP contribution in [0.1, 0.15) is 41.8 Å². The molecule has 5 nitrogen and oxygen atoms in total. The maximum Gasteiger partial charge on any atom is 0.293 e. The Hall–Kier alpha value is -1.36. The number of amides is 1. The molecule has 2 aliphatic rings. The van der Waals surface area contributed by atoms with E-state index in [-0.39, 0.29) is 5.91 Å². The molecular formula is C14H21N3O2. The highest BCUT2D eigenvalue weighted by molar-refractivity contribution is 5.93. The Balaban J connectivity index is 1.70. The summed E-state index contributed by atoms with van der Waals surface area (Å²) in [6, 6.07) is 0.423. The third-order valence-corrected chi connectivity index (χ3v) is 4.10. The van der Waals surface area contributed by atoms with Gasteiger partial charge >= 0.3 is 0 Å². The molecule has 5 heteroatoms. The molecule has 2 heterocycles. The molecule has 3 rings (SSSR count). The Morgan fingerprint density at radius 2 is 2.16 bits per heavy atom. The zero-order chi connectivity index (χ0) is 13.2. The van der Waals surface area contributed by atoms with Crippen LogP contribution in [0.3, 0.4) is 0 Å². The summed E-state index contributed by atoms with van der Waals surface area (Å²) >= 11 is 0. The fourth-order valence-electron chi connectivity index (χ4n) is 2.75. The number of aryl methyl sites for hydroxylation is 1. The van der Waals surface area contributed by atoms with Gasteiger partial charge in [-0.25, -0.2) is 0 Å². The number of nitrogens with one attached hydrogen (secondary N) is 1. The van der Waals surface area contributed by atoms with Crippen LogP contribution in [-0.2, 0) is 0 Å². The van der Waals surface area contributed by atoms with Crippen molar-refractivity contribution in [2.24, 2.45) is 5.92 Å². The van der Waals surface area contributed by atoms with Crippen LogP contribution in [0.2, 0.25) is 0 Å². The van der Waals surface area contributed by atoms with E-state index in [0.717, 1.165) is 50.9 Å². The van der Waals surface area contributed by atoms with Crippen molar-refractivity contribution in [2.75, 3.05) is 19.6 Å². The van der Waals surface area contributed by atoms with E-state index in [1.165, 1.54) is 0 Å². The summed E-state index contributed by atoms with van der Waals surface area (Å²) in [5.41, 5.74) is 0.834. The van der Waals surface area contributed by atoms with E-state index in [4.69, 9.17) is 4.52 Å². The first kappa shape index (κ1) is 12.7. The van der Waals surface area contributed by atoms with Crippen LogP contribution in [0.25, 0.3) is 0 Å². The number of hydrogen-bond donors (Lipinski definition) is 1. The van der Waals surface area contributed by atoms with Gasteiger partial charge in [0.25, 0.3) is 5.91 Å². The molecule has 1 aromatic rings. The second kappa shape index (κ2) is 5.33. The van der Waals surface area contributed by atoms with Gasteiger partial charge in [0.2, 0.25) is 5.76 Å². The zero-order valence-corrected chi connectivity index (χ0v) is 11.4. The SMILES string of the molecule is Cc1cnoc1C(=O)N(CC1CCNCC1)C1CC1. The molecule has 1 saturated carbocycles. The van der Waals surface area contributed by atoms with E-state index >= 15 is 0 Å². The number of nitrogens with zero attached hydrogens (tertiary/aromatic N) is 2. The average molecular weight is 263 g/mol. The number of aromatic nitrogens is 1.